The van der Waals surface area contributed by atoms with Crippen molar-refractivity contribution in [3.05, 3.63) is 59.7 Å². The molecule has 0 radical (unpaired) electrons. The minimum Gasteiger partial charge on any atom is -0.449 e. The maximum atomic E-state index is 12.1. The van der Waals surface area contributed by atoms with Crippen LogP contribution in [0.25, 0.3) is 11.1 Å². The molecule has 25 heavy (non-hydrogen) atoms. The summed E-state index contributed by atoms with van der Waals surface area (Å²) in [5, 5.41) is 5.15. The number of fused-ring (bicyclic) bond motifs is 3. The first-order valence-corrected chi connectivity index (χ1v) is 8.48. The van der Waals surface area contributed by atoms with Gasteiger partial charge >= 0.3 is 6.09 Å². The molecule has 0 spiro atoms. The van der Waals surface area contributed by atoms with Gasteiger partial charge in [0.05, 0.1) is 0 Å². The molecule has 5 heteroatoms. The first-order valence-electron chi connectivity index (χ1n) is 8.48. The van der Waals surface area contributed by atoms with Crippen molar-refractivity contribution >= 4 is 12.0 Å². The summed E-state index contributed by atoms with van der Waals surface area (Å²) in [5.74, 6) is -0.214. The Bertz CT molecular complexity index is 743. The van der Waals surface area contributed by atoms with Gasteiger partial charge in [-0.3, -0.25) is 4.79 Å². The Morgan fingerprint density at radius 3 is 2.12 bits per heavy atom. The Hall–Kier alpha value is -2.82. The van der Waals surface area contributed by atoms with E-state index in [1.807, 2.05) is 31.2 Å². The zero-order chi connectivity index (χ0) is 17.8. The monoisotopic (exact) mass is 338 g/mol. The summed E-state index contributed by atoms with van der Waals surface area (Å²) in [7, 11) is 1.55. The molecule has 1 atom stereocenters. The van der Waals surface area contributed by atoms with Crippen LogP contribution < -0.4 is 10.6 Å². The normalized spacial score (nSPS) is 13.5. The van der Waals surface area contributed by atoms with Crippen molar-refractivity contribution in [2.24, 2.45) is 0 Å². The zero-order valence-corrected chi connectivity index (χ0v) is 14.4. The van der Waals surface area contributed by atoms with Crippen LogP contribution in [-0.4, -0.2) is 31.7 Å². The predicted octanol–water partition coefficient (Wildman–Crippen LogP) is 3.05. The van der Waals surface area contributed by atoms with Crippen LogP contribution in [0.5, 0.6) is 0 Å². The van der Waals surface area contributed by atoms with Gasteiger partial charge in [0.15, 0.2) is 0 Å². The molecule has 0 saturated heterocycles. The molecule has 2 amide bonds. The quantitative estimate of drug-likeness (QED) is 0.880. The van der Waals surface area contributed by atoms with E-state index in [1.54, 1.807) is 7.05 Å². The highest BCUT2D eigenvalue weighted by atomic mass is 16.5. The van der Waals surface area contributed by atoms with Crippen molar-refractivity contribution in [3.63, 3.8) is 0 Å². The predicted molar refractivity (Wildman–Crippen MR) is 96.4 cm³/mol. The van der Waals surface area contributed by atoms with E-state index in [-0.39, 0.29) is 18.4 Å². The molecule has 0 aromatic heterocycles. The lowest BCUT2D eigenvalue weighted by atomic mass is 9.98. The molecule has 1 aliphatic carbocycles. The van der Waals surface area contributed by atoms with E-state index in [9.17, 15) is 9.59 Å². The molecule has 0 aliphatic heterocycles. The highest BCUT2D eigenvalue weighted by Gasteiger charge is 2.29. The number of likely N-dealkylation sites (N-methyl/N-ethyl adjacent to an activating group) is 1. The minimum atomic E-state index is -0.583. The summed E-state index contributed by atoms with van der Waals surface area (Å²) in [4.78, 5) is 23.8. The van der Waals surface area contributed by atoms with Crippen LogP contribution in [0.2, 0.25) is 0 Å². The highest BCUT2D eigenvalue weighted by Crippen LogP contribution is 2.44. The fourth-order valence-corrected chi connectivity index (χ4v) is 3.31. The third kappa shape index (κ3) is 3.36. The highest BCUT2D eigenvalue weighted by molar-refractivity contribution is 5.85. The van der Waals surface area contributed by atoms with Crippen LogP contribution in [0.4, 0.5) is 4.79 Å². The first-order chi connectivity index (χ1) is 12.2. The number of ether oxygens (including phenoxy) is 1. The van der Waals surface area contributed by atoms with Gasteiger partial charge in [-0.15, -0.1) is 0 Å². The number of hydrogen-bond acceptors (Lipinski definition) is 3. The van der Waals surface area contributed by atoms with Gasteiger partial charge in [-0.2, -0.15) is 0 Å². The summed E-state index contributed by atoms with van der Waals surface area (Å²) in [6, 6.07) is 15.8. The van der Waals surface area contributed by atoms with Gasteiger partial charge < -0.3 is 15.4 Å². The average Bonchev–Trinajstić information content (AvgIpc) is 2.98. The van der Waals surface area contributed by atoms with Gasteiger partial charge in [-0.25, -0.2) is 4.79 Å². The summed E-state index contributed by atoms with van der Waals surface area (Å²) in [5.41, 5.74) is 4.69. The van der Waals surface area contributed by atoms with Crippen molar-refractivity contribution < 1.29 is 14.3 Å². The fourth-order valence-electron chi connectivity index (χ4n) is 3.31. The van der Waals surface area contributed by atoms with Crippen LogP contribution in [-0.2, 0) is 9.53 Å². The summed E-state index contributed by atoms with van der Waals surface area (Å²) in [6.45, 7) is 2.08. The topological polar surface area (TPSA) is 67.4 Å². The standard InChI is InChI=1S/C20H22N2O3/c1-3-18(19(23)21-2)22-20(24)25-12-17-15-10-6-4-8-13(15)14-9-5-7-11-16(14)17/h4-11,17-18H,3,12H2,1-2H3,(H,21,23)(H,22,24)/t18-/m1/s1. The lowest BCUT2D eigenvalue weighted by molar-refractivity contribution is -0.122. The molecule has 2 aromatic rings. The maximum absolute atomic E-state index is 12.1. The lowest BCUT2D eigenvalue weighted by Crippen LogP contribution is -2.45. The van der Waals surface area contributed by atoms with Crippen molar-refractivity contribution in [1.82, 2.24) is 10.6 Å². The molecule has 2 N–H and O–H groups in total. The van der Waals surface area contributed by atoms with Gasteiger partial charge in [-0.1, -0.05) is 55.5 Å². The summed E-state index contributed by atoms with van der Waals surface area (Å²) < 4.78 is 5.44. The molecule has 130 valence electrons. The Balaban J connectivity index is 1.71. The fraction of sp³-hybridized carbons (Fsp3) is 0.300. The van der Waals surface area contributed by atoms with Crippen LogP contribution >= 0.6 is 0 Å². The Labute approximate surface area is 147 Å². The van der Waals surface area contributed by atoms with Gasteiger partial charge in [0.25, 0.3) is 0 Å². The van der Waals surface area contributed by atoms with Gasteiger partial charge in [-0.05, 0) is 28.7 Å². The van der Waals surface area contributed by atoms with E-state index in [1.165, 1.54) is 11.1 Å². The molecule has 0 fully saturated rings. The maximum Gasteiger partial charge on any atom is 0.407 e. The molecule has 1 aliphatic rings. The van der Waals surface area contributed by atoms with E-state index in [0.717, 1.165) is 11.1 Å². The largest absolute Gasteiger partial charge is 0.449 e. The third-order valence-electron chi connectivity index (χ3n) is 4.61. The number of amides is 2. The number of benzene rings is 2. The Morgan fingerprint density at radius 1 is 1.04 bits per heavy atom. The van der Waals surface area contributed by atoms with Gasteiger partial charge in [0.1, 0.15) is 12.6 Å². The molecule has 0 heterocycles. The number of rotatable bonds is 5. The smallest absolute Gasteiger partial charge is 0.407 e. The molecule has 5 nitrogen and oxygen atoms in total. The first kappa shape index (κ1) is 17.0. The molecular weight excluding hydrogens is 316 g/mol. The lowest BCUT2D eigenvalue weighted by Gasteiger charge is -2.18. The SMILES string of the molecule is CC[C@@H](NC(=O)OCC1c2ccccc2-c2ccccc21)C(=O)NC. The second-order valence-corrected chi connectivity index (χ2v) is 6.04. The summed E-state index contributed by atoms with van der Waals surface area (Å²) >= 11 is 0. The summed E-state index contributed by atoms with van der Waals surface area (Å²) in [6.07, 6.45) is -0.0681. The average molecular weight is 338 g/mol. The number of carbonyl (C=O) groups is 2. The molecule has 3 rings (SSSR count). The van der Waals surface area contributed by atoms with E-state index in [4.69, 9.17) is 4.74 Å². The van der Waals surface area contributed by atoms with Crippen LogP contribution in [0.15, 0.2) is 48.5 Å². The molecular formula is C20H22N2O3. The van der Waals surface area contributed by atoms with Gasteiger partial charge in [0, 0.05) is 13.0 Å². The second-order valence-electron chi connectivity index (χ2n) is 6.04. The Morgan fingerprint density at radius 2 is 1.60 bits per heavy atom. The van der Waals surface area contributed by atoms with Crippen LogP contribution in [0.1, 0.15) is 30.4 Å². The zero-order valence-electron chi connectivity index (χ0n) is 14.4. The number of hydrogen-bond donors (Lipinski definition) is 2. The van der Waals surface area contributed by atoms with Crippen LogP contribution in [0.3, 0.4) is 0 Å². The molecule has 2 aromatic carbocycles. The molecule has 0 bridgehead atoms. The van der Waals surface area contributed by atoms with Crippen molar-refractivity contribution in [3.8, 4) is 11.1 Å². The second kappa shape index (κ2) is 7.38. The minimum absolute atomic E-state index is 0.0122. The molecule has 0 saturated carbocycles. The number of carbonyl (C=O) groups excluding carboxylic acids is 2. The Kier molecular flexibility index (Phi) is 5.03. The third-order valence-corrected chi connectivity index (χ3v) is 4.61. The van der Waals surface area contributed by atoms with E-state index >= 15 is 0 Å². The number of nitrogens with one attached hydrogen (secondary N) is 2. The van der Waals surface area contributed by atoms with Gasteiger partial charge in [0.2, 0.25) is 5.91 Å². The molecule has 0 unspecified atom stereocenters. The van der Waals surface area contributed by atoms with Crippen molar-refractivity contribution in [1.29, 1.82) is 0 Å². The van der Waals surface area contributed by atoms with Crippen molar-refractivity contribution in [2.45, 2.75) is 25.3 Å². The van der Waals surface area contributed by atoms with E-state index in [2.05, 4.69) is 34.9 Å². The van der Waals surface area contributed by atoms with Crippen molar-refractivity contribution in [2.75, 3.05) is 13.7 Å². The van der Waals surface area contributed by atoms with E-state index < -0.39 is 12.1 Å². The van der Waals surface area contributed by atoms with Crippen LogP contribution in [0, 0.1) is 0 Å². The van der Waals surface area contributed by atoms with E-state index in [0.29, 0.717) is 6.42 Å². The number of alkyl carbamates (subject to hydrolysis) is 1.